The Morgan fingerprint density at radius 2 is 1.74 bits per heavy atom. The van der Waals surface area contributed by atoms with Crippen LogP contribution in [0.4, 0.5) is 0 Å². The first-order chi connectivity index (χ1) is 16.0. The van der Waals surface area contributed by atoms with E-state index >= 15 is 0 Å². The summed E-state index contributed by atoms with van der Waals surface area (Å²) in [5, 5.41) is 0. The van der Waals surface area contributed by atoms with Crippen LogP contribution in [-0.4, -0.2) is 41.5 Å². The first-order valence-electron chi connectivity index (χ1n) is 12.8. The van der Waals surface area contributed by atoms with E-state index in [0.29, 0.717) is 12.8 Å². The third-order valence-corrected chi connectivity index (χ3v) is 11.9. The van der Waals surface area contributed by atoms with Crippen molar-refractivity contribution in [1.82, 2.24) is 0 Å². The van der Waals surface area contributed by atoms with Gasteiger partial charge in [0.1, 0.15) is 17.5 Å². The number of ketones is 1. The standard InChI is InChI=1S/C27H32O7/c1-13(28)16-5-6-17-23(16,3)12-18-27(34-18)24(4)8-7-15(32-14(2)29)11-25(24)9-10-26(17,27)20-19(25)21(30)33-22(20)31/h9-10,15-20H,5-8,11-12H2,1-4H3/t15-,16+,17+,18+,19+,20+,23+,24-,25-,26+,27-/m0/s1. The van der Waals surface area contributed by atoms with Gasteiger partial charge in [0.2, 0.25) is 0 Å². The van der Waals surface area contributed by atoms with E-state index in [-0.39, 0.29) is 41.2 Å². The third-order valence-electron chi connectivity index (χ3n) is 11.9. The van der Waals surface area contributed by atoms with E-state index in [2.05, 4.69) is 26.0 Å². The Morgan fingerprint density at radius 3 is 2.44 bits per heavy atom. The number of esters is 3. The van der Waals surface area contributed by atoms with Crippen molar-refractivity contribution < 1.29 is 33.4 Å². The third kappa shape index (κ3) is 1.87. The number of carbonyl (C=O) groups is 4. The summed E-state index contributed by atoms with van der Waals surface area (Å²) in [6.07, 6.45) is 8.43. The van der Waals surface area contributed by atoms with Gasteiger partial charge in [-0.05, 0) is 56.8 Å². The summed E-state index contributed by atoms with van der Waals surface area (Å²) in [6.45, 7) is 7.54. The van der Waals surface area contributed by atoms with Gasteiger partial charge >= 0.3 is 17.9 Å². The van der Waals surface area contributed by atoms with Crippen molar-refractivity contribution in [3.8, 4) is 0 Å². The zero-order chi connectivity index (χ0) is 24.1. The topological polar surface area (TPSA) is 99.3 Å². The Labute approximate surface area is 198 Å². The maximum atomic E-state index is 13.5. The largest absolute Gasteiger partial charge is 0.463 e. The predicted octanol–water partition coefficient (Wildman–Crippen LogP) is 3.14. The Balaban J connectivity index is 1.47. The highest BCUT2D eigenvalue weighted by Crippen LogP contribution is 2.88. The fourth-order valence-corrected chi connectivity index (χ4v) is 11.0. The Kier molecular flexibility index (Phi) is 3.66. The van der Waals surface area contributed by atoms with Crippen LogP contribution in [0.25, 0.3) is 0 Å². The normalized spacial score (nSPS) is 57.6. The highest BCUT2D eigenvalue weighted by Gasteiger charge is 2.94. The highest BCUT2D eigenvalue weighted by molar-refractivity contribution is 5.99. The Hall–Kier alpha value is -2.02. The number of fused-ring (bicyclic) bond motifs is 1. The summed E-state index contributed by atoms with van der Waals surface area (Å²) in [7, 11) is 0. The smallest absolute Gasteiger partial charge is 0.318 e. The van der Waals surface area contributed by atoms with Crippen LogP contribution in [0.2, 0.25) is 0 Å². The van der Waals surface area contributed by atoms with Gasteiger partial charge in [0.15, 0.2) is 0 Å². The molecule has 3 spiro atoms. The summed E-state index contributed by atoms with van der Waals surface area (Å²) in [5.74, 6) is -2.24. The van der Waals surface area contributed by atoms with E-state index in [4.69, 9.17) is 14.2 Å². The molecule has 8 aliphatic rings. The second-order valence-corrected chi connectivity index (χ2v) is 12.7. The molecule has 7 nitrogen and oxygen atoms in total. The number of allylic oxidation sites excluding steroid dienone is 1. The number of cyclic esters (lactones) is 2. The quantitative estimate of drug-likeness (QED) is 0.266. The molecule has 2 saturated heterocycles. The molecule has 2 heterocycles. The van der Waals surface area contributed by atoms with Crippen molar-refractivity contribution in [3.63, 3.8) is 0 Å². The summed E-state index contributed by atoms with van der Waals surface area (Å²) >= 11 is 0. The van der Waals surface area contributed by atoms with E-state index < -0.39 is 45.6 Å². The molecule has 2 aliphatic heterocycles. The molecule has 6 fully saturated rings. The number of ether oxygens (including phenoxy) is 3. The maximum Gasteiger partial charge on any atom is 0.318 e. The van der Waals surface area contributed by atoms with Crippen molar-refractivity contribution in [2.75, 3.05) is 0 Å². The molecule has 2 bridgehead atoms. The lowest BCUT2D eigenvalue weighted by Crippen LogP contribution is -2.77. The number of rotatable bonds is 2. The lowest BCUT2D eigenvalue weighted by molar-refractivity contribution is -0.238. The molecule has 0 unspecified atom stereocenters. The van der Waals surface area contributed by atoms with Crippen LogP contribution in [0.1, 0.15) is 66.2 Å². The lowest BCUT2D eigenvalue weighted by atomic mass is 9.27. The van der Waals surface area contributed by atoms with Crippen LogP contribution >= 0.6 is 0 Å². The molecule has 0 amide bonds. The minimum Gasteiger partial charge on any atom is -0.463 e. The number of carbonyl (C=O) groups excluding carboxylic acids is 4. The average Bonchev–Trinajstić information content (AvgIpc) is 3.23. The van der Waals surface area contributed by atoms with Gasteiger partial charge in [0.05, 0.1) is 17.9 Å². The van der Waals surface area contributed by atoms with E-state index in [0.717, 1.165) is 25.7 Å². The molecule has 182 valence electrons. The van der Waals surface area contributed by atoms with Gasteiger partial charge in [0, 0.05) is 29.1 Å². The average molecular weight is 469 g/mol. The van der Waals surface area contributed by atoms with E-state index in [9.17, 15) is 19.2 Å². The minimum absolute atomic E-state index is 0.0576. The van der Waals surface area contributed by atoms with Gasteiger partial charge in [-0.3, -0.25) is 19.2 Å². The second-order valence-electron chi connectivity index (χ2n) is 12.7. The Bertz CT molecular complexity index is 1110. The molecule has 0 radical (unpaired) electrons. The van der Waals surface area contributed by atoms with Gasteiger partial charge < -0.3 is 14.2 Å². The number of epoxide rings is 1. The van der Waals surface area contributed by atoms with Gasteiger partial charge in [-0.1, -0.05) is 26.0 Å². The Morgan fingerprint density at radius 1 is 1.00 bits per heavy atom. The van der Waals surface area contributed by atoms with Crippen molar-refractivity contribution in [3.05, 3.63) is 12.2 Å². The number of Topliss-reactive ketones (excluding diaryl/α,β-unsaturated/α-hetero) is 1. The van der Waals surface area contributed by atoms with Crippen molar-refractivity contribution >= 4 is 23.7 Å². The summed E-state index contributed by atoms with van der Waals surface area (Å²) < 4.78 is 17.9. The fourth-order valence-electron chi connectivity index (χ4n) is 11.0. The second kappa shape index (κ2) is 5.85. The fraction of sp³-hybridized carbons (Fsp3) is 0.778. The van der Waals surface area contributed by atoms with Gasteiger partial charge in [-0.2, -0.15) is 0 Å². The van der Waals surface area contributed by atoms with Crippen LogP contribution in [0.5, 0.6) is 0 Å². The zero-order valence-corrected chi connectivity index (χ0v) is 20.2. The molecule has 0 aromatic carbocycles. The maximum absolute atomic E-state index is 13.5. The summed E-state index contributed by atoms with van der Waals surface area (Å²) in [5.41, 5.74) is -2.55. The van der Waals surface area contributed by atoms with E-state index in [1.165, 1.54) is 6.92 Å². The lowest BCUT2D eigenvalue weighted by Gasteiger charge is -2.72. The molecule has 7 heteroatoms. The molecule has 4 saturated carbocycles. The van der Waals surface area contributed by atoms with Gasteiger partial charge in [-0.25, -0.2) is 0 Å². The molecule has 34 heavy (non-hydrogen) atoms. The minimum atomic E-state index is -0.665. The highest BCUT2D eigenvalue weighted by atomic mass is 16.6. The molecule has 0 N–H and O–H groups in total. The molecule has 6 aliphatic carbocycles. The van der Waals surface area contributed by atoms with Crippen LogP contribution in [-0.2, 0) is 33.4 Å². The van der Waals surface area contributed by atoms with Crippen LogP contribution in [0, 0.1) is 45.3 Å². The zero-order valence-electron chi connectivity index (χ0n) is 20.2. The van der Waals surface area contributed by atoms with Crippen LogP contribution < -0.4 is 0 Å². The van der Waals surface area contributed by atoms with Crippen molar-refractivity contribution in [2.45, 2.75) is 84.0 Å². The van der Waals surface area contributed by atoms with Crippen LogP contribution in [0.15, 0.2) is 12.2 Å². The summed E-state index contributed by atoms with van der Waals surface area (Å²) in [6, 6.07) is 0. The van der Waals surface area contributed by atoms with Crippen molar-refractivity contribution in [2.24, 2.45) is 45.3 Å². The molecule has 0 aromatic rings. The molecule has 0 aromatic heterocycles. The molecule has 8 rings (SSSR count). The van der Waals surface area contributed by atoms with E-state index in [1.807, 2.05) is 0 Å². The first-order valence-corrected chi connectivity index (χ1v) is 12.8. The molecular weight excluding hydrogens is 436 g/mol. The summed E-state index contributed by atoms with van der Waals surface area (Å²) in [4.78, 5) is 51.4. The SMILES string of the molecule is CC(=O)O[C@H]1CC[C@]2(C)[C@@]34O[C@@H]3C[C@]3(C)[C@@H](C(C)=O)CC[C@H]3[C@@]43C=C[C@]2(C1)[C@H]1C(=O)OC(=O)[C@@H]13. The molecule has 11 atom stereocenters. The van der Waals surface area contributed by atoms with Crippen molar-refractivity contribution in [1.29, 1.82) is 0 Å². The number of hydrogen-bond donors (Lipinski definition) is 0. The van der Waals surface area contributed by atoms with E-state index in [1.54, 1.807) is 6.92 Å². The first kappa shape index (κ1) is 21.3. The number of hydrogen-bond acceptors (Lipinski definition) is 7. The van der Waals surface area contributed by atoms with Crippen LogP contribution in [0.3, 0.4) is 0 Å². The molecular formula is C27H32O7. The van der Waals surface area contributed by atoms with Gasteiger partial charge in [-0.15, -0.1) is 0 Å². The predicted molar refractivity (Wildman–Crippen MR) is 117 cm³/mol. The monoisotopic (exact) mass is 468 g/mol. The van der Waals surface area contributed by atoms with Gasteiger partial charge in [0.25, 0.3) is 0 Å².